The largest absolute Gasteiger partial charge is 0.463 e. The normalized spacial score (nSPS) is 17.8. The second kappa shape index (κ2) is 14.4. The Morgan fingerprint density at radius 2 is 1.84 bits per heavy atom. The Morgan fingerprint density at radius 3 is 2.36 bits per heavy atom. The number of rotatable bonds is 3. The average Bonchev–Trinajstić information content (AvgIpc) is 3.10. The van der Waals surface area contributed by atoms with Gasteiger partial charge in [-0.3, -0.25) is 19.1 Å². The Balaban J connectivity index is 0. The van der Waals surface area contributed by atoms with Crippen molar-refractivity contribution in [3.05, 3.63) is 32.6 Å². The van der Waals surface area contributed by atoms with Crippen molar-refractivity contribution in [2.45, 2.75) is 52.9 Å². The molecule has 146 valence electrons. The lowest BCUT2D eigenvalue weighted by atomic mass is 10.2. The number of esters is 1. The zero-order valence-corrected chi connectivity index (χ0v) is 15.7. The van der Waals surface area contributed by atoms with Gasteiger partial charge in [-0.1, -0.05) is 13.8 Å². The van der Waals surface area contributed by atoms with E-state index in [1.165, 1.54) is 17.7 Å². The lowest BCUT2D eigenvalue weighted by Crippen LogP contribution is -2.33. The summed E-state index contributed by atoms with van der Waals surface area (Å²) in [6.45, 7) is 7.14. The molecule has 1 aliphatic heterocycles. The molecule has 0 aliphatic carbocycles. The molecule has 25 heavy (non-hydrogen) atoms. The van der Waals surface area contributed by atoms with Gasteiger partial charge in [0.25, 0.3) is 5.56 Å². The minimum Gasteiger partial charge on any atom is -0.463 e. The van der Waals surface area contributed by atoms with Crippen LogP contribution in [0.4, 0.5) is 0 Å². The molecule has 3 N–H and O–H groups in total. The molecule has 0 spiro atoms. The number of carbonyl (C=O) groups is 1. The topological polar surface area (TPSA) is 131 Å². The van der Waals surface area contributed by atoms with Crippen LogP contribution in [0.15, 0.2) is 15.8 Å². The Bertz CT molecular complexity index is 595. The summed E-state index contributed by atoms with van der Waals surface area (Å²) in [4.78, 5) is 35.9. The standard InChI is InChI=1S/C12H16N2O5.C2H6.2CH4O/c1-7-5-14(12(17)13-11(7)16)10-4-3-9(19-10)6-18-8(2)15;3*1-2/h5,9-10H,3-4,6H2,1-2H3,(H,13,16,17);1-2H3;2*2H,1H3. The number of carbonyl (C=O) groups excluding carboxylic acids is 1. The Morgan fingerprint density at radius 1 is 1.28 bits per heavy atom. The molecule has 1 aliphatic rings. The summed E-state index contributed by atoms with van der Waals surface area (Å²) < 4.78 is 11.9. The van der Waals surface area contributed by atoms with Crippen molar-refractivity contribution in [1.29, 1.82) is 0 Å². The number of aromatic nitrogens is 2. The Hall–Kier alpha value is -1.97. The third-order valence-electron chi connectivity index (χ3n) is 3.01. The van der Waals surface area contributed by atoms with Crippen molar-refractivity contribution in [1.82, 2.24) is 9.55 Å². The molecule has 2 atom stereocenters. The average molecular weight is 362 g/mol. The van der Waals surface area contributed by atoms with E-state index in [1.807, 2.05) is 13.8 Å². The van der Waals surface area contributed by atoms with E-state index < -0.39 is 17.5 Å². The fourth-order valence-corrected chi connectivity index (χ4v) is 2.02. The van der Waals surface area contributed by atoms with Crippen LogP contribution in [0.1, 0.15) is 45.4 Å². The molecule has 1 saturated heterocycles. The van der Waals surface area contributed by atoms with Crippen molar-refractivity contribution >= 4 is 5.97 Å². The van der Waals surface area contributed by atoms with Gasteiger partial charge in [-0.2, -0.15) is 0 Å². The van der Waals surface area contributed by atoms with Crippen LogP contribution < -0.4 is 11.2 Å². The van der Waals surface area contributed by atoms with E-state index in [0.29, 0.717) is 18.4 Å². The summed E-state index contributed by atoms with van der Waals surface area (Å²) in [5.74, 6) is -0.357. The first-order chi connectivity index (χ1) is 12.0. The van der Waals surface area contributed by atoms with Crippen molar-refractivity contribution in [3.8, 4) is 0 Å². The highest BCUT2D eigenvalue weighted by Gasteiger charge is 2.28. The summed E-state index contributed by atoms with van der Waals surface area (Å²) >= 11 is 0. The van der Waals surface area contributed by atoms with Gasteiger partial charge in [-0.25, -0.2) is 4.79 Å². The van der Waals surface area contributed by atoms with Gasteiger partial charge in [-0.05, 0) is 19.8 Å². The number of nitrogens with one attached hydrogen (secondary N) is 1. The number of hydrogen-bond acceptors (Lipinski definition) is 7. The van der Waals surface area contributed by atoms with Gasteiger partial charge in [0.2, 0.25) is 0 Å². The highest BCUT2D eigenvalue weighted by molar-refractivity contribution is 5.65. The highest BCUT2D eigenvalue weighted by atomic mass is 16.6. The van der Waals surface area contributed by atoms with Crippen LogP contribution in [-0.2, 0) is 14.3 Å². The summed E-state index contributed by atoms with van der Waals surface area (Å²) in [6.07, 6.45) is 2.18. The zero-order chi connectivity index (χ0) is 20.0. The predicted molar refractivity (Wildman–Crippen MR) is 93.5 cm³/mol. The summed E-state index contributed by atoms with van der Waals surface area (Å²) in [7, 11) is 2.00. The maximum absolute atomic E-state index is 11.7. The zero-order valence-electron chi connectivity index (χ0n) is 15.7. The number of hydrogen-bond donors (Lipinski definition) is 3. The SMILES string of the molecule is CC.CC(=O)OCC1CCC(n2cc(C)c(=O)[nH]c2=O)O1.CO.CO. The van der Waals surface area contributed by atoms with Gasteiger partial charge in [0.1, 0.15) is 12.8 Å². The van der Waals surface area contributed by atoms with Crippen LogP contribution in [0, 0.1) is 6.92 Å². The second-order valence-corrected chi connectivity index (χ2v) is 4.57. The van der Waals surface area contributed by atoms with Crippen LogP contribution in [0.25, 0.3) is 0 Å². The van der Waals surface area contributed by atoms with Crippen LogP contribution in [-0.4, -0.2) is 52.7 Å². The van der Waals surface area contributed by atoms with E-state index >= 15 is 0 Å². The van der Waals surface area contributed by atoms with Crippen molar-refractivity contribution in [3.63, 3.8) is 0 Å². The molecule has 2 unspecified atom stereocenters. The lowest BCUT2D eigenvalue weighted by molar-refractivity contribution is -0.145. The quantitative estimate of drug-likeness (QED) is 0.660. The fourth-order valence-electron chi connectivity index (χ4n) is 2.02. The van der Waals surface area contributed by atoms with E-state index in [0.717, 1.165) is 14.2 Å². The van der Waals surface area contributed by atoms with Gasteiger partial charge in [0, 0.05) is 32.9 Å². The molecule has 9 heteroatoms. The molecule has 1 fully saturated rings. The van der Waals surface area contributed by atoms with Gasteiger partial charge in [0.05, 0.1) is 6.10 Å². The number of nitrogens with zero attached hydrogens (tertiary/aromatic N) is 1. The van der Waals surface area contributed by atoms with Crippen molar-refractivity contribution in [2.75, 3.05) is 20.8 Å². The van der Waals surface area contributed by atoms with E-state index in [-0.39, 0.29) is 18.7 Å². The first-order valence-corrected chi connectivity index (χ1v) is 7.97. The van der Waals surface area contributed by atoms with Crippen LogP contribution in [0.3, 0.4) is 0 Å². The van der Waals surface area contributed by atoms with E-state index in [4.69, 9.17) is 19.7 Å². The fraction of sp³-hybridized carbons (Fsp3) is 0.688. The molecule has 9 nitrogen and oxygen atoms in total. The molecular formula is C16H30N2O7. The number of aromatic amines is 1. The maximum Gasteiger partial charge on any atom is 0.330 e. The first-order valence-electron chi connectivity index (χ1n) is 7.97. The van der Waals surface area contributed by atoms with Gasteiger partial charge in [-0.15, -0.1) is 0 Å². The third-order valence-corrected chi connectivity index (χ3v) is 3.01. The Kier molecular flexibility index (Phi) is 14.5. The lowest BCUT2D eigenvalue weighted by Gasteiger charge is -2.15. The van der Waals surface area contributed by atoms with Gasteiger partial charge in [0.15, 0.2) is 0 Å². The summed E-state index contributed by atoms with van der Waals surface area (Å²) in [5, 5.41) is 14.0. The van der Waals surface area contributed by atoms with Crippen molar-refractivity contribution in [2.24, 2.45) is 0 Å². The number of aryl methyl sites for hydroxylation is 1. The van der Waals surface area contributed by atoms with Gasteiger partial charge >= 0.3 is 11.7 Å². The maximum atomic E-state index is 11.7. The summed E-state index contributed by atoms with van der Waals surface area (Å²) in [6, 6.07) is 0. The summed E-state index contributed by atoms with van der Waals surface area (Å²) in [5.41, 5.74) is -0.434. The van der Waals surface area contributed by atoms with E-state index in [9.17, 15) is 14.4 Å². The molecule has 0 aromatic carbocycles. The molecule has 2 heterocycles. The minimum absolute atomic E-state index is 0.183. The predicted octanol–water partition coefficient (Wildman–Crippen LogP) is 0.329. The molecule has 1 aromatic rings. The first kappa shape index (κ1) is 25.3. The third kappa shape index (κ3) is 8.62. The van der Waals surface area contributed by atoms with Crippen molar-refractivity contribution < 1.29 is 24.5 Å². The molecule has 0 bridgehead atoms. The molecule has 0 amide bonds. The molecule has 1 aromatic heterocycles. The van der Waals surface area contributed by atoms with Crippen LogP contribution in [0.5, 0.6) is 0 Å². The smallest absolute Gasteiger partial charge is 0.330 e. The van der Waals surface area contributed by atoms with Crippen LogP contribution >= 0.6 is 0 Å². The molecule has 0 saturated carbocycles. The number of ether oxygens (including phenoxy) is 2. The highest BCUT2D eigenvalue weighted by Crippen LogP contribution is 2.27. The monoisotopic (exact) mass is 362 g/mol. The molecular weight excluding hydrogens is 332 g/mol. The molecule has 2 rings (SSSR count). The van der Waals surface area contributed by atoms with E-state index in [1.54, 1.807) is 6.92 Å². The van der Waals surface area contributed by atoms with Gasteiger partial charge < -0.3 is 19.7 Å². The number of aliphatic hydroxyl groups is 2. The minimum atomic E-state index is -0.492. The Labute approximate surface area is 147 Å². The number of aliphatic hydroxyl groups excluding tert-OH is 2. The van der Waals surface area contributed by atoms with E-state index in [2.05, 4.69) is 4.98 Å². The number of H-pyrrole nitrogens is 1. The molecule has 0 radical (unpaired) electrons. The second-order valence-electron chi connectivity index (χ2n) is 4.57. The van der Waals surface area contributed by atoms with Crippen LogP contribution in [0.2, 0.25) is 0 Å².